The highest BCUT2D eigenvalue weighted by molar-refractivity contribution is 6.00. The number of hydrogen-bond donors (Lipinski definition) is 0. The van der Waals surface area contributed by atoms with E-state index < -0.39 is 0 Å². The zero-order valence-electron chi connectivity index (χ0n) is 12.7. The average molecular weight is 272 g/mol. The molecule has 108 valence electrons. The topological polar surface area (TPSA) is 23.6 Å². The zero-order valence-corrected chi connectivity index (χ0v) is 12.7. The van der Waals surface area contributed by atoms with Gasteiger partial charge in [0.2, 0.25) is 5.91 Å². The summed E-state index contributed by atoms with van der Waals surface area (Å²) < 4.78 is 0. The summed E-state index contributed by atoms with van der Waals surface area (Å²) in [6.45, 7) is 7.46. The van der Waals surface area contributed by atoms with E-state index in [0.717, 1.165) is 18.7 Å². The van der Waals surface area contributed by atoms with Gasteiger partial charge in [0, 0.05) is 12.2 Å². The number of piperidine rings is 1. The first kappa shape index (κ1) is 13.6. The van der Waals surface area contributed by atoms with Crippen molar-refractivity contribution in [2.75, 3.05) is 11.4 Å². The van der Waals surface area contributed by atoms with Crippen LogP contribution in [0.25, 0.3) is 0 Å². The quantitative estimate of drug-likeness (QED) is 0.825. The van der Waals surface area contributed by atoms with Gasteiger partial charge in [-0.2, -0.15) is 0 Å². The van der Waals surface area contributed by atoms with Crippen LogP contribution in [0.5, 0.6) is 0 Å². The summed E-state index contributed by atoms with van der Waals surface area (Å²) in [5, 5.41) is 0. The average Bonchev–Trinajstić information content (AvgIpc) is 2.72. The molecule has 0 saturated carbocycles. The summed E-state index contributed by atoms with van der Waals surface area (Å²) >= 11 is 0. The number of fused-ring (bicyclic) bond motifs is 1. The number of amides is 1. The molecule has 0 aromatic heterocycles. The number of rotatable bonds is 2. The summed E-state index contributed by atoms with van der Waals surface area (Å²) in [6, 6.07) is 8.42. The number of benzene rings is 1. The normalized spacial score (nSPS) is 27.2. The smallest absolute Gasteiger partial charge is 0.245 e. The van der Waals surface area contributed by atoms with Gasteiger partial charge in [0.25, 0.3) is 0 Å². The van der Waals surface area contributed by atoms with E-state index in [1.807, 2.05) is 4.90 Å². The molecule has 2 heterocycles. The Balaban J connectivity index is 1.97. The number of anilines is 1. The maximum Gasteiger partial charge on any atom is 0.245 e. The van der Waals surface area contributed by atoms with Crippen molar-refractivity contribution in [1.82, 2.24) is 4.90 Å². The lowest BCUT2D eigenvalue weighted by Crippen LogP contribution is -2.45. The Hall–Kier alpha value is -1.35. The van der Waals surface area contributed by atoms with Gasteiger partial charge in [-0.05, 0) is 44.2 Å². The van der Waals surface area contributed by atoms with E-state index in [9.17, 15) is 4.79 Å². The first-order chi connectivity index (χ1) is 9.59. The maximum absolute atomic E-state index is 12.9. The van der Waals surface area contributed by atoms with Gasteiger partial charge in [0.15, 0.2) is 0 Å². The van der Waals surface area contributed by atoms with E-state index in [0.29, 0.717) is 5.92 Å². The highest BCUT2D eigenvalue weighted by Crippen LogP contribution is 2.36. The van der Waals surface area contributed by atoms with Crippen LogP contribution in [-0.4, -0.2) is 29.6 Å². The number of aryl methyl sites for hydroxylation is 1. The van der Waals surface area contributed by atoms with E-state index in [1.54, 1.807) is 0 Å². The van der Waals surface area contributed by atoms with Crippen molar-refractivity contribution >= 4 is 11.6 Å². The molecule has 2 aliphatic rings. The predicted octanol–water partition coefficient (Wildman–Crippen LogP) is 3.18. The number of carbonyl (C=O) groups excluding carboxylic acids is 1. The molecule has 3 rings (SSSR count). The van der Waals surface area contributed by atoms with Gasteiger partial charge in [-0.1, -0.05) is 31.5 Å². The van der Waals surface area contributed by atoms with Crippen molar-refractivity contribution < 1.29 is 4.79 Å². The first-order valence-corrected chi connectivity index (χ1v) is 7.75. The van der Waals surface area contributed by atoms with Gasteiger partial charge in [0.05, 0.1) is 12.2 Å². The van der Waals surface area contributed by atoms with E-state index in [2.05, 4.69) is 49.9 Å². The molecule has 0 spiro atoms. The molecule has 0 aliphatic carbocycles. The van der Waals surface area contributed by atoms with Crippen LogP contribution in [0, 0.1) is 12.8 Å². The lowest BCUT2D eigenvalue weighted by Gasteiger charge is -2.35. The zero-order chi connectivity index (χ0) is 14.3. The molecule has 1 aromatic rings. The Bertz CT molecular complexity index is 494. The largest absolute Gasteiger partial charge is 0.295 e. The molecule has 0 unspecified atom stereocenters. The Morgan fingerprint density at radius 3 is 2.50 bits per heavy atom. The second-order valence-electron chi connectivity index (χ2n) is 6.45. The Labute approximate surface area is 121 Å². The molecule has 2 fully saturated rings. The van der Waals surface area contributed by atoms with Gasteiger partial charge in [-0.3, -0.25) is 14.6 Å². The van der Waals surface area contributed by atoms with Crippen LogP contribution in [0.2, 0.25) is 0 Å². The van der Waals surface area contributed by atoms with E-state index in [4.69, 9.17) is 0 Å². The Morgan fingerprint density at radius 1 is 1.15 bits per heavy atom. The monoisotopic (exact) mass is 272 g/mol. The maximum atomic E-state index is 12.9. The number of hydrogen-bond acceptors (Lipinski definition) is 2. The summed E-state index contributed by atoms with van der Waals surface area (Å²) in [4.78, 5) is 17.4. The van der Waals surface area contributed by atoms with Crippen LogP contribution in [-0.2, 0) is 4.79 Å². The van der Waals surface area contributed by atoms with Crippen molar-refractivity contribution in [3.8, 4) is 0 Å². The molecule has 1 amide bonds. The molecule has 2 saturated heterocycles. The standard InChI is InChI=1S/C17H24N2O/c1-12(2)16-17(20)19(14-9-7-13(3)8-10-14)15-6-4-5-11-18(15)16/h7-10,12,15-16H,4-6,11H2,1-3H3/t15-,16-/m0/s1. The second kappa shape index (κ2) is 5.21. The van der Waals surface area contributed by atoms with Gasteiger partial charge < -0.3 is 0 Å². The summed E-state index contributed by atoms with van der Waals surface area (Å²) in [5.41, 5.74) is 2.29. The van der Waals surface area contributed by atoms with Crippen LogP contribution in [0.4, 0.5) is 5.69 Å². The fraction of sp³-hybridized carbons (Fsp3) is 0.588. The second-order valence-corrected chi connectivity index (χ2v) is 6.45. The van der Waals surface area contributed by atoms with E-state index in [1.165, 1.54) is 18.4 Å². The Morgan fingerprint density at radius 2 is 1.85 bits per heavy atom. The molecular formula is C17H24N2O. The molecule has 2 atom stereocenters. The molecule has 3 nitrogen and oxygen atoms in total. The highest BCUT2D eigenvalue weighted by Gasteiger charge is 2.48. The Kier molecular flexibility index (Phi) is 3.55. The molecule has 1 aromatic carbocycles. The van der Waals surface area contributed by atoms with Crippen LogP contribution in [0.1, 0.15) is 38.7 Å². The number of nitrogens with zero attached hydrogens (tertiary/aromatic N) is 2. The van der Waals surface area contributed by atoms with Gasteiger partial charge in [-0.15, -0.1) is 0 Å². The third-order valence-corrected chi connectivity index (χ3v) is 4.60. The third-order valence-electron chi connectivity index (χ3n) is 4.60. The van der Waals surface area contributed by atoms with Crippen LogP contribution >= 0.6 is 0 Å². The summed E-state index contributed by atoms with van der Waals surface area (Å²) in [5.74, 6) is 0.661. The van der Waals surface area contributed by atoms with E-state index >= 15 is 0 Å². The molecule has 2 aliphatic heterocycles. The van der Waals surface area contributed by atoms with Crippen LogP contribution < -0.4 is 4.90 Å². The fourth-order valence-electron chi connectivity index (χ4n) is 3.64. The van der Waals surface area contributed by atoms with Gasteiger partial charge in [-0.25, -0.2) is 0 Å². The lowest BCUT2D eigenvalue weighted by molar-refractivity contribution is -0.120. The van der Waals surface area contributed by atoms with Crippen LogP contribution in [0.3, 0.4) is 0 Å². The minimum atomic E-state index is 0.0570. The van der Waals surface area contributed by atoms with E-state index in [-0.39, 0.29) is 18.1 Å². The van der Waals surface area contributed by atoms with Crippen molar-refractivity contribution in [1.29, 1.82) is 0 Å². The summed E-state index contributed by atoms with van der Waals surface area (Å²) in [6.07, 6.45) is 3.81. The number of carbonyl (C=O) groups is 1. The highest BCUT2D eigenvalue weighted by atomic mass is 16.2. The molecule has 3 heteroatoms. The first-order valence-electron chi connectivity index (χ1n) is 7.75. The molecule has 0 radical (unpaired) electrons. The van der Waals surface area contributed by atoms with Crippen molar-refractivity contribution in [2.45, 2.75) is 52.2 Å². The lowest BCUT2D eigenvalue weighted by atomic mass is 10.0. The van der Waals surface area contributed by atoms with Gasteiger partial charge >= 0.3 is 0 Å². The molecular weight excluding hydrogens is 248 g/mol. The minimum absolute atomic E-state index is 0.0570. The van der Waals surface area contributed by atoms with Gasteiger partial charge in [0.1, 0.15) is 0 Å². The third kappa shape index (κ3) is 2.14. The van der Waals surface area contributed by atoms with Crippen molar-refractivity contribution in [3.05, 3.63) is 29.8 Å². The van der Waals surface area contributed by atoms with Crippen LogP contribution in [0.15, 0.2) is 24.3 Å². The molecule has 20 heavy (non-hydrogen) atoms. The minimum Gasteiger partial charge on any atom is -0.295 e. The fourth-order valence-corrected chi connectivity index (χ4v) is 3.64. The summed E-state index contributed by atoms with van der Waals surface area (Å²) in [7, 11) is 0. The van der Waals surface area contributed by atoms with Crippen molar-refractivity contribution in [2.24, 2.45) is 5.92 Å². The van der Waals surface area contributed by atoms with Crippen molar-refractivity contribution in [3.63, 3.8) is 0 Å². The molecule has 0 bridgehead atoms. The SMILES string of the molecule is Cc1ccc(N2C(=O)[C@H](C(C)C)N3CCCC[C@H]23)cc1. The molecule has 0 N–H and O–H groups in total. The predicted molar refractivity (Wildman–Crippen MR) is 81.6 cm³/mol.